The van der Waals surface area contributed by atoms with Crippen LogP contribution in [0.3, 0.4) is 0 Å². The summed E-state index contributed by atoms with van der Waals surface area (Å²) in [5, 5.41) is 53.0. The van der Waals surface area contributed by atoms with Crippen molar-refractivity contribution in [3.8, 4) is 0 Å². The fourth-order valence-corrected chi connectivity index (χ4v) is 18.0. The topological polar surface area (TPSA) is 438 Å². The van der Waals surface area contributed by atoms with Crippen LogP contribution in [0.4, 0.5) is 23.3 Å². The Kier molecular flexibility index (Phi) is 22.6. The van der Waals surface area contributed by atoms with Gasteiger partial charge in [-0.1, -0.05) is 167 Å². The zero-order valence-electron chi connectivity index (χ0n) is 63.1. The molecule has 4 aromatic carbocycles. The molecule has 4 aliphatic heterocycles. The van der Waals surface area contributed by atoms with Crippen molar-refractivity contribution in [1.82, 2.24) is 96.6 Å². The average molecular weight is 1640 g/mol. The van der Waals surface area contributed by atoms with Crippen LogP contribution in [-0.4, -0.2) is 185 Å². The Labute approximate surface area is 684 Å². The lowest BCUT2D eigenvalue weighted by Gasteiger charge is -2.22. The van der Waals surface area contributed by atoms with Crippen LogP contribution < -0.4 is 41.3 Å². The highest BCUT2D eigenvalue weighted by Gasteiger charge is 2.57. The molecule has 4 saturated carbocycles. The van der Waals surface area contributed by atoms with Gasteiger partial charge in [0.15, 0.2) is 23.3 Å². The molecule has 8 aliphatic rings. The number of rotatable bonds is 15. The van der Waals surface area contributed by atoms with Crippen molar-refractivity contribution in [2.75, 3.05) is 47.8 Å². The summed E-state index contributed by atoms with van der Waals surface area (Å²) < 4.78 is 0. The van der Waals surface area contributed by atoms with E-state index in [-0.39, 0.29) is 103 Å². The Balaban J connectivity index is 0.000000112. The van der Waals surface area contributed by atoms with Gasteiger partial charge >= 0.3 is 5.97 Å². The molecule has 12 atom stereocenters. The summed E-state index contributed by atoms with van der Waals surface area (Å²) in [6, 6.07) is 37.2. The van der Waals surface area contributed by atoms with Gasteiger partial charge < -0.3 is 26.8 Å². The number of hydrogen-bond acceptors (Lipinski definition) is 29. The maximum absolute atomic E-state index is 13.0. The Morgan fingerprint density at radius 3 is 0.863 bits per heavy atom. The summed E-state index contributed by atoms with van der Waals surface area (Å²) in [5.41, 5.74) is 13.7. The van der Waals surface area contributed by atoms with E-state index in [2.05, 4.69) is 96.6 Å². The third kappa shape index (κ3) is 17.3. The summed E-state index contributed by atoms with van der Waals surface area (Å²) in [4.78, 5) is 140. The molecule has 0 saturated heterocycles. The van der Waals surface area contributed by atoms with Gasteiger partial charge in [0.05, 0.1) is 28.8 Å². The lowest BCUT2D eigenvalue weighted by atomic mass is 10.1. The van der Waals surface area contributed by atoms with Crippen molar-refractivity contribution in [2.24, 2.45) is 29.4 Å². The fraction of sp³-hybridized carbons (Fsp3) is 0.300. The second-order valence-electron chi connectivity index (χ2n) is 29.0. The van der Waals surface area contributed by atoms with Crippen molar-refractivity contribution in [1.29, 1.82) is 0 Å². The number of amides is 7. The van der Waals surface area contributed by atoms with E-state index in [1.165, 1.54) is 53.6 Å². The van der Waals surface area contributed by atoms with Crippen molar-refractivity contribution >= 4 is 116 Å². The number of carbonyl (C=O) groups excluding carboxylic acids is 7. The molecular formula is C80H74N24O9S4. The van der Waals surface area contributed by atoms with E-state index in [0.717, 1.165) is 102 Å². The van der Waals surface area contributed by atoms with Crippen LogP contribution >= 0.6 is 45.3 Å². The first kappa shape index (κ1) is 78.1. The maximum Gasteiger partial charge on any atom is 0.367 e. The van der Waals surface area contributed by atoms with E-state index in [9.17, 15) is 38.4 Å². The highest BCUT2D eigenvalue weighted by molar-refractivity contribution is 7.14. The molecule has 12 heterocycles. The second-order valence-corrected chi connectivity index (χ2v) is 33.3. The normalized spacial score (nSPS) is 22.2. The maximum atomic E-state index is 13.0. The van der Waals surface area contributed by atoms with Crippen LogP contribution in [-0.2, 0) is 44.9 Å². The van der Waals surface area contributed by atoms with Gasteiger partial charge in [0, 0.05) is 127 Å². The number of nitrogens with one attached hydrogen (secondary N) is 3. The molecule has 592 valence electrons. The third-order valence-electron chi connectivity index (χ3n) is 21.3. The zero-order valence-corrected chi connectivity index (χ0v) is 66.4. The first-order valence-electron chi connectivity index (χ1n) is 37.5. The number of likely N-dealkylation sites (N-methyl/N-ethyl adjacent to an activating group) is 4. The molecule has 0 bridgehead atoms. The molecule has 20 rings (SSSR count). The van der Waals surface area contributed by atoms with E-state index < -0.39 is 30.1 Å². The molecule has 7 amide bonds. The quantitative estimate of drug-likeness (QED) is 0.0682. The Hall–Kier alpha value is -12.8. The Bertz CT molecular complexity index is 5300. The third-order valence-corrected chi connectivity index (χ3v) is 25.0. The minimum atomic E-state index is -1.02. The molecule has 117 heavy (non-hydrogen) atoms. The van der Waals surface area contributed by atoms with E-state index in [4.69, 9.17) is 10.8 Å². The predicted molar refractivity (Wildman–Crippen MR) is 430 cm³/mol. The lowest BCUT2D eigenvalue weighted by Crippen LogP contribution is -2.48. The number of carboxylic acids is 1. The van der Waals surface area contributed by atoms with E-state index >= 15 is 0 Å². The molecule has 4 fully saturated rings. The van der Waals surface area contributed by atoms with Crippen LogP contribution in [0.2, 0.25) is 0 Å². The van der Waals surface area contributed by atoms with Crippen LogP contribution in [0.15, 0.2) is 171 Å². The van der Waals surface area contributed by atoms with Gasteiger partial charge in [-0.25, -0.2) is 24.7 Å². The van der Waals surface area contributed by atoms with E-state index in [1.54, 1.807) is 77.8 Å². The number of carbonyl (C=O) groups is 8. The zero-order chi connectivity index (χ0) is 81.1. The van der Waals surface area contributed by atoms with Crippen LogP contribution in [0.1, 0.15) is 154 Å². The first-order chi connectivity index (χ1) is 56.8. The molecule has 6 N–H and O–H groups in total. The average Bonchev–Trinajstić information content (AvgIpc) is 1.61. The number of nitrogens with two attached hydrogens (primary N) is 1. The van der Waals surface area contributed by atoms with Gasteiger partial charge in [-0.15, -0.1) is 40.8 Å². The van der Waals surface area contributed by atoms with Gasteiger partial charge in [-0.3, -0.25) is 73.1 Å². The van der Waals surface area contributed by atoms with Crippen molar-refractivity contribution in [3.05, 3.63) is 256 Å². The number of carboxylic acid groups (broad SMARTS) is 1. The smallest absolute Gasteiger partial charge is 0.367 e. The number of benzene rings is 4. The molecular weight excluding hydrogens is 1570 g/mol. The molecule has 0 spiro atoms. The number of anilines is 4. The van der Waals surface area contributed by atoms with Gasteiger partial charge in [-0.05, 0) is 71.6 Å². The first-order valence-corrected chi connectivity index (χ1v) is 40.8. The molecule has 4 aliphatic carbocycles. The van der Waals surface area contributed by atoms with Crippen molar-refractivity contribution in [3.63, 3.8) is 0 Å². The summed E-state index contributed by atoms with van der Waals surface area (Å²) in [5.74, 6) is 0.764. The van der Waals surface area contributed by atoms with E-state index in [1.807, 2.05) is 121 Å². The van der Waals surface area contributed by atoms with Gasteiger partial charge in [0.1, 0.15) is 38.2 Å². The van der Waals surface area contributed by atoms with E-state index in [0.29, 0.717) is 54.9 Å². The molecule has 8 aromatic heterocycles. The monoisotopic (exact) mass is 1640 g/mol. The Morgan fingerprint density at radius 1 is 0.350 bits per heavy atom. The highest BCUT2D eigenvalue weighted by Crippen LogP contribution is 2.56. The number of aromatic carboxylic acids is 1. The van der Waals surface area contributed by atoms with Crippen molar-refractivity contribution < 1.29 is 43.5 Å². The number of fused-ring (bicyclic) bond motifs is 12. The standard InChI is InChI=1S/3C20H18N6O2S.C10H12N4O.C10H8N2O2S/c3*1-26-17-15(21-7-8-22-17)12-10-13(12)16(20(26)28)23-18(27)19-25-24-14(29-19)9-11-5-3-2-4-6-11;1-14-9-8(12-2-3-13-9)6-4-5(6)7(11)10(14)15;13-10(14)9-12-11-8(15-9)6-7-4-2-1-3-5-7/h3*2-8,12-13,16H,9-10H2,1H3,(H,23,27);2-3,5-7H,4,11H2,1H3;1-5H,6H2,(H,13,14)/t12-,13?,16+;2*12-,13+,16+;5-,6+,7-;/m1100./s1. The molecule has 0 radical (unpaired) electrons. The second kappa shape index (κ2) is 33.9. The SMILES string of the molecule is CN1C(=O)[C@@H](N)[C@H]2C[C@H]2c2nccnc21.CN1C(=O)[C@@H](NC(=O)c2nnc(Cc3ccccc3)s2)C2C[C@H]2c2nccnc21.CN1C(=O)[C@@H](NC(=O)c2nnc(Cc3ccccc3)s2)[C@H]2C[C@H]2c2nccnc21.CN1C(=O)[C@H](NC(=O)c2nnc(Cc3ccccc3)s2)[C@@H]2C[C@@H]2c2nccnc21.O=C(O)c1nnc(Cc2ccccc2)s1. The Morgan fingerprint density at radius 2 is 0.590 bits per heavy atom. The summed E-state index contributed by atoms with van der Waals surface area (Å²) in [6.45, 7) is 0. The molecule has 37 heteroatoms. The predicted octanol–water partition coefficient (Wildman–Crippen LogP) is 7.10. The van der Waals surface area contributed by atoms with Gasteiger partial charge in [0.2, 0.25) is 25.9 Å². The van der Waals surface area contributed by atoms with Crippen LogP contribution in [0.5, 0.6) is 0 Å². The largest absolute Gasteiger partial charge is 0.476 e. The highest BCUT2D eigenvalue weighted by atomic mass is 32.1. The van der Waals surface area contributed by atoms with Gasteiger partial charge in [0.25, 0.3) is 35.4 Å². The number of hydrogen-bond donors (Lipinski definition) is 5. The lowest BCUT2D eigenvalue weighted by molar-refractivity contribution is -0.121. The minimum Gasteiger partial charge on any atom is -0.476 e. The van der Waals surface area contributed by atoms with Crippen LogP contribution in [0.25, 0.3) is 0 Å². The van der Waals surface area contributed by atoms with Crippen molar-refractivity contribution in [2.45, 2.75) is 99.2 Å². The number of nitrogens with zero attached hydrogens (tertiary/aromatic N) is 20. The number of aromatic nitrogens is 16. The summed E-state index contributed by atoms with van der Waals surface area (Å²) in [7, 11) is 6.72. The minimum absolute atomic E-state index is 0.0311. The summed E-state index contributed by atoms with van der Waals surface area (Å²) >= 11 is 4.86. The molecule has 1 unspecified atom stereocenters. The van der Waals surface area contributed by atoms with Gasteiger partial charge in [-0.2, -0.15) is 0 Å². The van der Waals surface area contributed by atoms with Crippen LogP contribution in [0, 0.1) is 23.7 Å². The fourth-order valence-electron chi connectivity index (χ4n) is 14.9. The molecule has 33 nitrogen and oxygen atoms in total. The summed E-state index contributed by atoms with van der Waals surface area (Å²) in [6.07, 6.45) is 18.8. The molecule has 12 aromatic rings.